The van der Waals surface area contributed by atoms with E-state index in [1.807, 2.05) is 13.8 Å². The summed E-state index contributed by atoms with van der Waals surface area (Å²) < 4.78 is 5.03. The van der Waals surface area contributed by atoms with Crippen LogP contribution in [0.25, 0.3) is 0 Å². The zero-order chi connectivity index (χ0) is 11.4. The van der Waals surface area contributed by atoms with Gasteiger partial charge in [-0.2, -0.15) is 0 Å². The molecule has 0 aliphatic heterocycles. The molecule has 0 radical (unpaired) electrons. The second-order valence-electron chi connectivity index (χ2n) is 3.58. The van der Waals surface area contributed by atoms with Crippen molar-refractivity contribution in [1.82, 2.24) is 0 Å². The average molecular weight is 227 g/mol. The van der Waals surface area contributed by atoms with Crippen LogP contribution >= 0.6 is 11.6 Å². The zero-order valence-electron chi connectivity index (χ0n) is 9.12. The Morgan fingerprint density at radius 1 is 1.47 bits per heavy atom. The number of hydrogen-bond acceptors (Lipinski definition) is 2. The Morgan fingerprint density at radius 3 is 2.60 bits per heavy atom. The first-order chi connectivity index (χ1) is 7.04. The predicted molar refractivity (Wildman–Crippen MR) is 62.4 cm³/mol. The number of ether oxygens (including phenoxy) is 1. The molecule has 1 aromatic carbocycles. The van der Waals surface area contributed by atoms with Crippen molar-refractivity contribution in [3.05, 3.63) is 40.4 Å². The lowest BCUT2D eigenvalue weighted by molar-refractivity contribution is 0.227. The van der Waals surface area contributed by atoms with E-state index in [2.05, 4.69) is 0 Å². The van der Waals surface area contributed by atoms with Gasteiger partial charge < -0.3 is 9.84 Å². The number of benzene rings is 1. The van der Waals surface area contributed by atoms with Crippen LogP contribution in [0.2, 0.25) is 5.02 Å². The van der Waals surface area contributed by atoms with Crippen LogP contribution in [0.15, 0.2) is 29.8 Å². The van der Waals surface area contributed by atoms with Crippen molar-refractivity contribution in [2.24, 2.45) is 0 Å². The van der Waals surface area contributed by atoms with E-state index < -0.39 is 6.10 Å². The molecule has 0 amide bonds. The maximum absolute atomic E-state index is 9.80. The third kappa shape index (κ3) is 3.26. The summed E-state index contributed by atoms with van der Waals surface area (Å²) in [6, 6.07) is 5.26. The van der Waals surface area contributed by atoms with Gasteiger partial charge in [0.15, 0.2) is 0 Å². The SMILES string of the molecule is COc1ccc(C(O)C=C(C)C)cc1Cl. The van der Waals surface area contributed by atoms with Crippen LogP contribution in [-0.2, 0) is 0 Å². The second kappa shape index (κ2) is 5.19. The van der Waals surface area contributed by atoms with E-state index in [4.69, 9.17) is 16.3 Å². The molecular formula is C12H15ClO2. The Balaban J connectivity index is 2.97. The fraction of sp³-hybridized carbons (Fsp3) is 0.333. The fourth-order valence-corrected chi connectivity index (χ4v) is 1.54. The molecule has 0 heterocycles. The van der Waals surface area contributed by atoms with Crippen LogP contribution in [0.4, 0.5) is 0 Å². The molecule has 2 nitrogen and oxygen atoms in total. The number of methoxy groups -OCH3 is 1. The number of allylic oxidation sites excluding steroid dienone is 1. The number of rotatable bonds is 3. The molecule has 0 aliphatic carbocycles. The van der Waals surface area contributed by atoms with E-state index in [9.17, 15) is 5.11 Å². The van der Waals surface area contributed by atoms with E-state index >= 15 is 0 Å². The van der Waals surface area contributed by atoms with Gasteiger partial charge in [-0.25, -0.2) is 0 Å². The molecule has 1 rings (SSSR count). The first-order valence-corrected chi connectivity index (χ1v) is 5.09. The molecule has 0 saturated carbocycles. The quantitative estimate of drug-likeness (QED) is 0.801. The van der Waals surface area contributed by atoms with Crippen LogP contribution in [-0.4, -0.2) is 12.2 Å². The van der Waals surface area contributed by atoms with E-state index in [-0.39, 0.29) is 0 Å². The van der Waals surface area contributed by atoms with Gasteiger partial charge in [-0.15, -0.1) is 0 Å². The van der Waals surface area contributed by atoms with Crippen molar-refractivity contribution in [2.45, 2.75) is 20.0 Å². The van der Waals surface area contributed by atoms with Gasteiger partial charge >= 0.3 is 0 Å². The molecule has 0 fully saturated rings. The number of aliphatic hydroxyl groups is 1. The van der Waals surface area contributed by atoms with E-state index in [1.165, 1.54) is 0 Å². The first kappa shape index (κ1) is 12.1. The Hall–Kier alpha value is -0.990. The van der Waals surface area contributed by atoms with Crippen LogP contribution in [0.5, 0.6) is 5.75 Å². The summed E-state index contributed by atoms with van der Waals surface area (Å²) in [6.45, 7) is 3.88. The van der Waals surface area contributed by atoms with Crippen molar-refractivity contribution in [3.63, 3.8) is 0 Å². The van der Waals surface area contributed by atoms with Gasteiger partial charge in [0.25, 0.3) is 0 Å². The van der Waals surface area contributed by atoms with Gasteiger partial charge in [0.2, 0.25) is 0 Å². The molecule has 0 spiro atoms. The maximum atomic E-state index is 9.80. The molecule has 15 heavy (non-hydrogen) atoms. The highest BCUT2D eigenvalue weighted by Gasteiger charge is 2.07. The second-order valence-corrected chi connectivity index (χ2v) is 3.99. The van der Waals surface area contributed by atoms with Gasteiger partial charge in [0, 0.05) is 0 Å². The van der Waals surface area contributed by atoms with Gasteiger partial charge in [0.05, 0.1) is 18.2 Å². The molecule has 1 unspecified atom stereocenters. The van der Waals surface area contributed by atoms with Gasteiger partial charge in [-0.05, 0) is 31.5 Å². The minimum atomic E-state index is -0.613. The van der Waals surface area contributed by atoms with Crippen molar-refractivity contribution in [1.29, 1.82) is 0 Å². The highest BCUT2D eigenvalue weighted by atomic mass is 35.5. The first-order valence-electron chi connectivity index (χ1n) is 4.71. The lowest BCUT2D eigenvalue weighted by atomic mass is 10.1. The molecule has 0 saturated heterocycles. The molecule has 1 aromatic rings. The number of aliphatic hydroxyl groups excluding tert-OH is 1. The lowest BCUT2D eigenvalue weighted by Crippen LogP contribution is -1.94. The van der Waals surface area contributed by atoms with Crippen LogP contribution in [0, 0.1) is 0 Å². The topological polar surface area (TPSA) is 29.5 Å². The molecule has 3 heteroatoms. The standard InChI is InChI=1S/C12H15ClO2/c1-8(2)6-11(14)9-4-5-12(15-3)10(13)7-9/h4-7,11,14H,1-3H3. The summed E-state index contributed by atoms with van der Waals surface area (Å²) in [7, 11) is 1.56. The van der Waals surface area contributed by atoms with E-state index in [0.29, 0.717) is 10.8 Å². The normalized spacial score (nSPS) is 12.1. The number of halogens is 1. The van der Waals surface area contributed by atoms with Gasteiger partial charge in [-0.3, -0.25) is 0 Å². The predicted octanol–water partition coefficient (Wildman–Crippen LogP) is 3.35. The molecule has 82 valence electrons. The monoisotopic (exact) mass is 226 g/mol. The van der Waals surface area contributed by atoms with Crippen molar-refractivity contribution < 1.29 is 9.84 Å². The summed E-state index contributed by atoms with van der Waals surface area (Å²) in [5.41, 5.74) is 1.83. The van der Waals surface area contributed by atoms with E-state index in [1.54, 1.807) is 31.4 Å². The summed E-state index contributed by atoms with van der Waals surface area (Å²) >= 11 is 5.95. The van der Waals surface area contributed by atoms with Crippen molar-refractivity contribution in [2.75, 3.05) is 7.11 Å². The summed E-state index contributed by atoms with van der Waals surface area (Å²) in [6.07, 6.45) is 1.16. The molecule has 0 bridgehead atoms. The Kier molecular flexibility index (Phi) is 4.18. The molecule has 0 aliphatic rings. The van der Waals surface area contributed by atoms with Gasteiger partial charge in [0.1, 0.15) is 5.75 Å². The van der Waals surface area contributed by atoms with Gasteiger partial charge in [-0.1, -0.05) is 29.3 Å². The zero-order valence-corrected chi connectivity index (χ0v) is 9.88. The summed E-state index contributed by atoms with van der Waals surface area (Å²) in [5, 5.41) is 10.3. The van der Waals surface area contributed by atoms with Crippen LogP contribution < -0.4 is 4.74 Å². The molecule has 1 N–H and O–H groups in total. The Labute approximate surface area is 95.1 Å². The lowest BCUT2D eigenvalue weighted by Gasteiger charge is -2.09. The molecular weight excluding hydrogens is 212 g/mol. The van der Waals surface area contributed by atoms with Crippen LogP contribution in [0.3, 0.4) is 0 Å². The third-order valence-electron chi connectivity index (χ3n) is 2.01. The maximum Gasteiger partial charge on any atom is 0.137 e. The third-order valence-corrected chi connectivity index (χ3v) is 2.30. The Morgan fingerprint density at radius 2 is 2.13 bits per heavy atom. The van der Waals surface area contributed by atoms with Crippen LogP contribution in [0.1, 0.15) is 25.5 Å². The largest absolute Gasteiger partial charge is 0.495 e. The molecule has 1 atom stereocenters. The fourth-order valence-electron chi connectivity index (χ4n) is 1.28. The average Bonchev–Trinajstić information content (AvgIpc) is 2.16. The minimum Gasteiger partial charge on any atom is -0.495 e. The summed E-state index contributed by atoms with van der Waals surface area (Å²) in [4.78, 5) is 0. The highest BCUT2D eigenvalue weighted by Crippen LogP contribution is 2.28. The summed E-state index contributed by atoms with van der Waals surface area (Å²) in [5.74, 6) is 0.616. The minimum absolute atomic E-state index is 0.510. The highest BCUT2D eigenvalue weighted by molar-refractivity contribution is 6.32. The van der Waals surface area contributed by atoms with E-state index in [0.717, 1.165) is 11.1 Å². The smallest absolute Gasteiger partial charge is 0.137 e. The molecule has 0 aromatic heterocycles. The van der Waals surface area contributed by atoms with Crippen molar-refractivity contribution in [3.8, 4) is 5.75 Å². The van der Waals surface area contributed by atoms with Crippen molar-refractivity contribution >= 4 is 11.6 Å². The Bertz CT molecular complexity index is 368. The number of hydrogen-bond donors (Lipinski definition) is 1.